The number of carbonyl (C=O) groups is 1. The molecule has 1 rings (SSSR count). The SMILES string of the molecule is CCCCCC(C)C(=Cc1cccc(OC)c1)C(=O)O. The molecule has 20 heavy (non-hydrogen) atoms. The van der Waals surface area contributed by atoms with E-state index in [-0.39, 0.29) is 5.92 Å². The number of benzene rings is 1. The van der Waals surface area contributed by atoms with Crippen LogP contribution in [0.4, 0.5) is 0 Å². The van der Waals surface area contributed by atoms with E-state index in [1.54, 1.807) is 13.2 Å². The summed E-state index contributed by atoms with van der Waals surface area (Å²) in [5.74, 6) is -0.0378. The maximum atomic E-state index is 11.4. The Labute approximate surface area is 121 Å². The first kappa shape index (κ1) is 16.3. The Morgan fingerprint density at radius 1 is 1.40 bits per heavy atom. The Morgan fingerprint density at radius 2 is 2.15 bits per heavy atom. The molecule has 0 aliphatic carbocycles. The lowest BCUT2D eigenvalue weighted by Gasteiger charge is -2.12. The van der Waals surface area contributed by atoms with Crippen molar-refractivity contribution in [2.75, 3.05) is 7.11 Å². The lowest BCUT2D eigenvalue weighted by Crippen LogP contribution is -2.10. The van der Waals surface area contributed by atoms with E-state index in [2.05, 4.69) is 6.92 Å². The fourth-order valence-electron chi connectivity index (χ4n) is 2.18. The minimum absolute atomic E-state index is 0.0604. The van der Waals surface area contributed by atoms with Crippen LogP contribution >= 0.6 is 0 Å². The van der Waals surface area contributed by atoms with Crippen LogP contribution in [0.25, 0.3) is 6.08 Å². The molecule has 0 aliphatic rings. The highest BCUT2D eigenvalue weighted by molar-refractivity contribution is 5.92. The van der Waals surface area contributed by atoms with Crippen LogP contribution in [-0.4, -0.2) is 18.2 Å². The van der Waals surface area contributed by atoms with Gasteiger partial charge in [-0.2, -0.15) is 0 Å². The van der Waals surface area contributed by atoms with Crippen molar-refractivity contribution in [3.05, 3.63) is 35.4 Å². The van der Waals surface area contributed by atoms with Crippen molar-refractivity contribution < 1.29 is 14.6 Å². The summed E-state index contributed by atoms with van der Waals surface area (Å²) in [6.45, 7) is 4.13. The molecule has 0 spiro atoms. The van der Waals surface area contributed by atoms with Crippen LogP contribution in [0.3, 0.4) is 0 Å². The second-order valence-electron chi connectivity index (χ2n) is 5.08. The number of ether oxygens (including phenoxy) is 1. The number of hydrogen-bond donors (Lipinski definition) is 1. The predicted octanol–water partition coefficient (Wildman–Crippen LogP) is 4.38. The van der Waals surface area contributed by atoms with Gasteiger partial charge in [-0.15, -0.1) is 0 Å². The fourth-order valence-corrected chi connectivity index (χ4v) is 2.18. The summed E-state index contributed by atoms with van der Waals surface area (Å²) in [5, 5.41) is 9.39. The molecule has 0 bridgehead atoms. The van der Waals surface area contributed by atoms with E-state index in [9.17, 15) is 9.90 Å². The Kier molecular flexibility index (Phi) is 6.85. The van der Waals surface area contributed by atoms with Crippen LogP contribution in [0.1, 0.15) is 45.1 Å². The number of unbranched alkanes of at least 4 members (excludes halogenated alkanes) is 2. The Morgan fingerprint density at radius 3 is 2.75 bits per heavy atom. The van der Waals surface area contributed by atoms with Crippen molar-refractivity contribution in [1.82, 2.24) is 0 Å². The largest absolute Gasteiger partial charge is 0.497 e. The first-order chi connectivity index (χ1) is 9.58. The van der Waals surface area contributed by atoms with Crippen LogP contribution in [0.15, 0.2) is 29.8 Å². The molecule has 1 aromatic rings. The van der Waals surface area contributed by atoms with Gasteiger partial charge in [0, 0.05) is 5.57 Å². The monoisotopic (exact) mass is 276 g/mol. The molecular formula is C17H24O3. The van der Waals surface area contributed by atoms with Crippen LogP contribution < -0.4 is 4.74 Å². The van der Waals surface area contributed by atoms with E-state index < -0.39 is 5.97 Å². The van der Waals surface area contributed by atoms with E-state index in [0.717, 1.165) is 37.0 Å². The minimum Gasteiger partial charge on any atom is -0.497 e. The van der Waals surface area contributed by atoms with Gasteiger partial charge < -0.3 is 9.84 Å². The molecule has 0 aliphatic heterocycles. The summed E-state index contributed by atoms with van der Waals surface area (Å²) in [5.41, 5.74) is 1.33. The standard InChI is InChI=1S/C17H24O3/c1-4-5-6-8-13(2)16(17(18)19)12-14-9-7-10-15(11-14)20-3/h7,9-13H,4-6,8H2,1-3H3,(H,18,19). The molecular weight excluding hydrogens is 252 g/mol. The van der Waals surface area contributed by atoms with Crippen molar-refractivity contribution in [2.45, 2.75) is 39.5 Å². The third kappa shape index (κ3) is 5.08. The predicted molar refractivity (Wildman–Crippen MR) is 81.9 cm³/mol. The van der Waals surface area contributed by atoms with Gasteiger partial charge in [-0.1, -0.05) is 45.2 Å². The molecule has 0 saturated carbocycles. The topological polar surface area (TPSA) is 46.5 Å². The van der Waals surface area contributed by atoms with Gasteiger partial charge in [0.2, 0.25) is 0 Å². The zero-order valence-electron chi connectivity index (χ0n) is 12.6. The lowest BCUT2D eigenvalue weighted by atomic mass is 9.93. The van der Waals surface area contributed by atoms with E-state index in [1.165, 1.54) is 0 Å². The number of carboxylic acid groups (broad SMARTS) is 1. The highest BCUT2D eigenvalue weighted by Crippen LogP contribution is 2.23. The highest BCUT2D eigenvalue weighted by Gasteiger charge is 2.15. The van der Waals surface area contributed by atoms with Gasteiger partial charge in [-0.3, -0.25) is 0 Å². The first-order valence-electron chi connectivity index (χ1n) is 7.17. The third-order valence-electron chi connectivity index (χ3n) is 3.43. The molecule has 0 fully saturated rings. The zero-order chi connectivity index (χ0) is 15.0. The van der Waals surface area contributed by atoms with Crippen molar-refractivity contribution >= 4 is 12.0 Å². The van der Waals surface area contributed by atoms with Crippen molar-refractivity contribution in [2.24, 2.45) is 5.92 Å². The van der Waals surface area contributed by atoms with Crippen LogP contribution in [-0.2, 0) is 4.79 Å². The van der Waals surface area contributed by atoms with Crippen molar-refractivity contribution in [3.8, 4) is 5.75 Å². The van der Waals surface area contributed by atoms with Gasteiger partial charge in [-0.05, 0) is 36.1 Å². The Hall–Kier alpha value is -1.77. The summed E-state index contributed by atoms with van der Waals surface area (Å²) in [4.78, 5) is 11.4. The van der Waals surface area contributed by atoms with E-state index in [1.807, 2.05) is 31.2 Å². The van der Waals surface area contributed by atoms with E-state index in [0.29, 0.717) is 5.57 Å². The first-order valence-corrected chi connectivity index (χ1v) is 7.17. The summed E-state index contributed by atoms with van der Waals surface area (Å²) in [7, 11) is 1.61. The van der Waals surface area contributed by atoms with Gasteiger partial charge in [0.15, 0.2) is 0 Å². The fraction of sp³-hybridized carbons (Fsp3) is 0.471. The lowest BCUT2D eigenvalue weighted by molar-refractivity contribution is -0.133. The molecule has 1 N–H and O–H groups in total. The van der Waals surface area contributed by atoms with Crippen LogP contribution in [0, 0.1) is 5.92 Å². The van der Waals surface area contributed by atoms with Crippen LogP contribution in [0.5, 0.6) is 5.75 Å². The molecule has 3 heteroatoms. The Balaban J connectivity index is 2.88. The average Bonchev–Trinajstić information content (AvgIpc) is 2.44. The van der Waals surface area contributed by atoms with E-state index in [4.69, 9.17) is 4.74 Å². The van der Waals surface area contributed by atoms with Gasteiger partial charge in [-0.25, -0.2) is 4.79 Å². The molecule has 3 nitrogen and oxygen atoms in total. The third-order valence-corrected chi connectivity index (χ3v) is 3.43. The molecule has 0 saturated heterocycles. The van der Waals surface area contributed by atoms with Gasteiger partial charge in [0.05, 0.1) is 7.11 Å². The molecule has 0 amide bonds. The van der Waals surface area contributed by atoms with Crippen molar-refractivity contribution in [1.29, 1.82) is 0 Å². The molecule has 0 aromatic heterocycles. The quantitative estimate of drug-likeness (QED) is 0.566. The number of hydrogen-bond acceptors (Lipinski definition) is 2. The van der Waals surface area contributed by atoms with Crippen molar-refractivity contribution in [3.63, 3.8) is 0 Å². The number of carboxylic acids is 1. The number of aliphatic carboxylic acids is 1. The average molecular weight is 276 g/mol. The maximum Gasteiger partial charge on any atom is 0.331 e. The molecule has 110 valence electrons. The smallest absolute Gasteiger partial charge is 0.331 e. The second kappa shape index (κ2) is 8.41. The highest BCUT2D eigenvalue weighted by atomic mass is 16.5. The summed E-state index contributed by atoms with van der Waals surface area (Å²) in [6, 6.07) is 7.46. The summed E-state index contributed by atoms with van der Waals surface area (Å²) >= 11 is 0. The van der Waals surface area contributed by atoms with E-state index >= 15 is 0 Å². The molecule has 1 unspecified atom stereocenters. The molecule has 1 atom stereocenters. The normalized spacial score (nSPS) is 13.1. The maximum absolute atomic E-state index is 11.4. The van der Waals surface area contributed by atoms with Gasteiger partial charge in [0.25, 0.3) is 0 Å². The molecule has 1 aromatic carbocycles. The summed E-state index contributed by atoms with van der Waals surface area (Å²) < 4.78 is 5.16. The van der Waals surface area contributed by atoms with Gasteiger partial charge >= 0.3 is 5.97 Å². The molecule has 0 radical (unpaired) electrons. The number of methoxy groups -OCH3 is 1. The van der Waals surface area contributed by atoms with Crippen LogP contribution in [0.2, 0.25) is 0 Å². The number of rotatable bonds is 8. The summed E-state index contributed by atoms with van der Waals surface area (Å²) in [6.07, 6.45) is 6.03. The second-order valence-corrected chi connectivity index (χ2v) is 5.08. The minimum atomic E-state index is -0.836. The van der Waals surface area contributed by atoms with Gasteiger partial charge in [0.1, 0.15) is 5.75 Å². The molecule has 0 heterocycles. The zero-order valence-corrected chi connectivity index (χ0v) is 12.6. The Bertz CT molecular complexity index is 463.